The van der Waals surface area contributed by atoms with Crippen LogP contribution in [-0.4, -0.2) is 61.7 Å². The van der Waals surface area contributed by atoms with Crippen LogP contribution in [0.3, 0.4) is 0 Å². The van der Waals surface area contributed by atoms with Crippen LogP contribution >= 0.6 is 11.6 Å². The van der Waals surface area contributed by atoms with E-state index < -0.39 is 22.0 Å². The van der Waals surface area contributed by atoms with Gasteiger partial charge in [0.1, 0.15) is 6.04 Å². The van der Waals surface area contributed by atoms with E-state index in [4.69, 9.17) is 11.6 Å². The van der Waals surface area contributed by atoms with E-state index in [1.165, 1.54) is 12.1 Å². The zero-order chi connectivity index (χ0) is 23.0. The molecule has 0 spiro atoms. The van der Waals surface area contributed by atoms with Crippen molar-refractivity contribution in [3.63, 3.8) is 0 Å². The number of anilines is 1. The third-order valence-corrected chi connectivity index (χ3v) is 8.21. The van der Waals surface area contributed by atoms with Crippen LogP contribution in [0.25, 0.3) is 0 Å². The molecule has 32 heavy (non-hydrogen) atoms. The molecule has 2 amide bonds. The Bertz CT molecular complexity index is 1140. The molecule has 0 radical (unpaired) electrons. The van der Waals surface area contributed by atoms with Gasteiger partial charge < -0.3 is 9.80 Å². The molecule has 0 saturated carbocycles. The van der Waals surface area contributed by atoms with Crippen molar-refractivity contribution in [2.45, 2.75) is 37.6 Å². The molecule has 0 N–H and O–H groups in total. The Morgan fingerprint density at radius 2 is 1.66 bits per heavy atom. The molecule has 0 aliphatic carbocycles. The van der Waals surface area contributed by atoms with Gasteiger partial charge >= 0.3 is 0 Å². The second-order valence-corrected chi connectivity index (χ2v) is 10.6. The van der Waals surface area contributed by atoms with Gasteiger partial charge in [0, 0.05) is 43.3 Å². The van der Waals surface area contributed by atoms with Crippen LogP contribution in [-0.2, 0) is 19.6 Å². The Labute approximate surface area is 193 Å². The van der Waals surface area contributed by atoms with Crippen LogP contribution in [0.1, 0.15) is 24.0 Å². The van der Waals surface area contributed by atoms with Gasteiger partial charge in [0.25, 0.3) is 10.0 Å². The molecular weight excluding hydrogens is 450 g/mol. The van der Waals surface area contributed by atoms with Crippen molar-refractivity contribution in [3.8, 4) is 0 Å². The van der Waals surface area contributed by atoms with Gasteiger partial charge in [-0.25, -0.2) is 12.7 Å². The fourth-order valence-electron chi connectivity index (χ4n) is 4.31. The highest BCUT2D eigenvalue weighted by molar-refractivity contribution is 7.89. The van der Waals surface area contributed by atoms with Gasteiger partial charge in [0.05, 0.1) is 4.90 Å². The van der Waals surface area contributed by atoms with Crippen LogP contribution in [0.4, 0.5) is 5.69 Å². The van der Waals surface area contributed by atoms with Gasteiger partial charge in [0.2, 0.25) is 11.8 Å². The van der Waals surface area contributed by atoms with E-state index in [0.29, 0.717) is 31.2 Å². The average molecular weight is 476 g/mol. The minimum atomic E-state index is -4.09. The lowest BCUT2D eigenvalue weighted by Gasteiger charge is -2.38. The van der Waals surface area contributed by atoms with Crippen molar-refractivity contribution in [3.05, 3.63) is 58.6 Å². The van der Waals surface area contributed by atoms with Crippen molar-refractivity contribution in [2.75, 3.05) is 31.1 Å². The van der Waals surface area contributed by atoms with Gasteiger partial charge in [-0.15, -0.1) is 0 Å². The van der Waals surface area contributed by atoms with Crippen LogP contribution in [0.2, 0.25) is 5.02 Å². The zero-order valence-corrected chi connectivity index (χ0v) is 19.7. The maximum atomic E-state index is 13.3. The standard InChI is InChI=1S/C23H26ClN3O4S/c1-16-3-7-19(8-4-16)32(30,31)27-20(9-10-22(27)28)23(29)26-13-11-25(12-14-26)21-15-18(24)6-5-17(21)2/h3-8,15,20H,9-14H2,1-2H3. The van der Waals surface area contributed by atoms with E-state index in [1.54, 1.807) is 17.0 Å². The summed E-state index contributed by atoms with van der Waals surface area (Å²) >= 11 is 6.15. The summed E-state index contributed by atoms with van der Waals surface area (Å²) in [7, 11) is -4.09. The first-order chi connectivity index (χ1) is 15.2. The Hall–Kier alpha value is -2.58. The number of rotatable bonds is 4. The average Bonchev–Trinajstić information content (AvgIpc) is 3.17. The summed E-state index contributed by atoms with van der Waals surface area (Å²) in [5.74, 6) is -0.842. The van der Waals surface area contributed by atoms with Gasteiger partial charge in [-0.1, -0.05) is 35.4 Å². The van der Waals surface area contributed by atoms with Crippen molar-refractivity contribution < 1.29 is 18.0 Å². The SMILES string of the molecule is Cc1ccc(S(=O)(=O)N2C(=O)CCC2C(=O)N2CCN(c3cc(Cl)ccc3C)CC2)cc1. The summed E-state index contributed by atoms with van der Waals surface area (Å²) < 4.78 is 27.1. The number of hydrogen-bond acceptors (Lipinski definition) is 5. The number of halogens is 1. The first-order valence-corrected chi connectivity index (χ1v) is 12.4. The summed E-state index contributed by atoms with van der Waals surface area (Å²) in [6, 6.07) is 11.1. The Balaban J connectivity index is 1.50. The molecule has 9 heteroatoms. The molecule has 0 aromatic heterocycles. The van der Waals surface area contributed by atoms with E-state index in [2.05, 4.69) is 4.90 Å². The number of carbonyl (C=O) groups excluding carboxylic acids is 2. The monoisotopic (exact) mass is 475 g/mol. The van der Waals surface area contributed by atoms with Crippen molar-refractivity contribution in [2.24, 2.45) is 0 Å². The Morgan fingerprint density at radius 1 is 1.00 bits per heavy atom. The van der Waals surface area contributed by atoms with Gasteiger partial charge in [-0.05, 0) is 50.1 Å². The quantitative estimate of drug-likeness (QED) is 0.679. The molecule has 7 nitrogen and oxygen atoms in total. The van der Waals surface area contributed by atoms with Crippen LogP contribution in [0, 0.1) is 13.8 Å². The van der Waals surface area contributed by atoms with Crippen LogP contribution in [0.15, 0.2) is 47.4 Å². The zero-order valence-electron chi connectivity index (χ0n) is 18.1. The molecule has 170 valence electrons. The number of nitrogens with zero attached hydrogens (tertiary/aromatic N) is 3. The molecule has 2 aromatic rings. The molecule has 1 unspecified atom stereocenters. The lowest BCUT2D eigenvalue weighted by molar-refractivity contribution is -0.138. The second kappa shape index (κ2) is 8.75. The maximum absolute atomic E-state index is 13.3. The smallest absolute Gasteiger partial charge is 0.267 e. The molecule has 2 aliphatic rings. The summed E-state index contributed by atoms with van der Waals surface area (Å²) in [5, 5.41) is 0.658. The van der Waals surface area contributed by atoms with E-state index in [-0.39, 0.29) is 23.6 Å². The fourth-order valence-corrected chi connectivity index (χ4v) is 6.08. The first kappa shape index (κ1) is 22.6. The van der Waals surface area contributed by atoms with E-state index in [9.17, 15) is 18.0 Å². The minimum absolute atomic E-state index is 0.0254. The van der Waals surface area contributed by atoms with E-state index >= 15 is 0 Å². The largest absolute Gasteiger partial charge is 0.368 e. The molecule has 2 saturated heterocycles. The van der Waals surface area contributed by atoms with Crippen molar-refractivity contribution in [1.29, 1.82) is 0 Å². The molecule has 2 aromatic carbocycles. The third-order valence-electron chi connectivity index (χ3n) is 6.13. The molecule has 2 aliphatic heterocycles. The number of benzene rings is 2. The number of aryl methyl sites for hydroxylation is 2. The topological polar surface area (TPSA) is 78.0 Å². The van der Waals surface area contributed by atoms with Crippen LogP contribution in [0.5, 0.6) is 0 Å². The minimum Gasteiger partial charge on any atom is -0.368 e. The van der Waals surface area contributed by atoms with Crippen LogP contribution < -0.4 is 4.90 Å². The molecular formula is C23H26ClN3O4S. The van der Waals surface area contributed by atoms with Crippen molar-refractivity contribution in [1.82, 2.24) is 9.21 Å². The summed E-state index contributed by atoms with van der Waals surface area (Å²) in [4.78, 5) is 29.7. The summed E-state index contributed by atoms with van der Waals surface area (Å²) in [5.41, 5.74) is 3.05. The van der Waals surface area contributed by atoms with Crippen molar-refractivity contribution >= 4 is 39.1 Å². The summed E-state index contributed by atoms with van der Waals surface area (Å²) in [6.07, 6.45) is 0.250. The number of piperazine rings is 1. The lowest BCUT2D eigenvalue weighted by Crippen LogP contribution is -2.55. The Kier molecular flexibility index (Phi) is 6.18. The normalized spacial score (nSPS) is 19.5. The Morgan fingerprint density at radius 3 is 2.31 bits per heavy atom. The van der Waals surface area contributed by atoms with E-state index in [1.807, 2.05) is 32.0 Å². The number of carbonyl (C=O) groups is 2. The maximum Gasteiger partial charge on any atom is 0.267 e. The number of amides is 2. The lowest BCUT2D eigenvalue weighted by atomic mass is 10.1. The molecule has 4 rings (SSSR count). The number of hydrogen-bond donors (Lipinski definition) is 0. The molecule has 0 bridgehead atoms. The fraction of sp³-hybridized carbons (Fsp3) is 0.391. The second-order valence-electron chi connectivity index (χ2n) is 8.31. The third kappa shape index (κ3) is 4.21. The molecule has 1 atom stereocenters. The predicted molar refractivity (Wildman–Crippen MR) is 123 cm³/mol. The summed E-state index contributed by atoms with van der Waals surface area (Å²) in [6.45, 7) is 5.99. The highest BCUT2D eigenvalue weighted by Gasteiger charge is 2.45. The highest BCUT2D eigenvalue weighted by Crippen LogP contribution is 2.30. The van der Waals surface area contributed by atoms with Gasteiger partial charge in [0.15, 0.2) is 0 Å². The number of sulfonamides is 1. The molecule has 2 heterocycles. The van der Waals surface area contributed by atoms with Gasteiger partial charge in [-0.3, -0.25) is 9.59 Å². The molecule has 2 fully saturated rings. The van der Waals surface area contributed by atoms with Gasteiger partial charge in [-0.2, -0.15) is 0 Å². The predicted octanol–water partition coefficient (Wildman–Crippen LogP) is 2.99. The first-order valence-electron chi connectivity index (χ1n) is 10.6. The highest BCUT2D eigenvalue weighted by atomic mass is 35.5. The van der Waals surface area contributed by atoms with E-state index in [0.717, 1.165) is 21.1 Å².